The molecular weight excluding hydrogens is 281 g/mol. The summed E-state index contributed by atoms with van der Waals surface area (Å²) in [6, 6.07) is 5.25. The molecule has 0 bridgehead atoms. The summed E-state index contributed by atoms with van der Waals surface area (Å²) in [6.07, 6.45) is 6.48. The lowest BCUT2D eigenvalue weighted by atomic mass is 10.0. The quantitative estimate of drug-likeness (QED) is 0.741. The summed E-state index contributed by atoms with van der Waals surface area (Å²) in [6.45, 7) is 2.19. The van der Waals surface area contributed by atoms with Crippen molar-refractivity contribution in [1.29, 1.82) is 0 Å². The van der Waals surface area contributed by atoms with Crippen molar-refractivity contribution in [1.82, 2.24) is 0 Å². The molecule has 0 heterocycles. The SMILES string of the molecule is CCCCCCC(N)Cc1ccc(Br)cc1F. The van der Waals surface area contributed by atoms with E-state index in [0.717, 1.165) is 22.9 Å². The molecule has 17 heavy (non-hydrogen) atoms. The number of hydrogen-bond acceptors (Lipinski definition) is 1. The molecule has 0 radical (unpaired) electrons. The first-order valence-electron chi connectivity index (χ1n) is 6.33. The van der Waals surface area contributed by atoms with Gasteiger partial charge in [-0.05, 0) is 30.5 Å². The van der Waals surface area contributed by atoms with Crippen molar-refractivity contribution in [3.05, 3.63) is 34.1 Å². The average molecular weight is 302 g/mol. The second-order valence-corrected chi connectivity index (χ2v) is 5.46. The zero-order valence-corrected chi connectivity index (χ0v) is 12.0. The molecule has 0 aliphatic rings. The predicted octanol–water partition coefficient (Wildman–Crippen LogP) is 4.43. The zero-order chi connectivity index (χ0) is 12.7. The van der Waals surface area contributed by atoms with E-state index in [2.05, 4.69) is 22.9 Å². The van der Waals surface area contributed by atoms with Crippen molar-refractivity contribution < 1.29 is 4.39 Å². The van der Waals surface area contributed by atoms with Crippen LogP contribution in [0.5, 0.6) is 0 Å². The van der Waals surface area contributed by atoms with Crippen LogP contribution in [0.15, 0.2) is 22.7 Å². The standard InChI is InChI=1S/C14H21BrFN/c1-2-3-4-5-6-13(17)9-11-7-8-12(15)10-14(11)16/h7-8,10,13H,2-6,9,17H2,1H3. The molecule has 1 aromatic rings. The van der Waals surface area contributed by atoms with E-state index in [1.807, 2.05) is 12.1 Å². The highest BCUT2D eigenvalue weighted by molar-refractivity contribution is 9.10. The van der Waals surface area contributed by atoms with Crippen molar-refractivity contribution >= 4 is 15.9 Å². The molecule has 0 saturated carbocycles. The van der Waals surface area contributed by atoms with Crippen molar-refractivity contribution in [2.75, 3.05) is 0 Å². The lowest BCUT2D eigenvalue weighted by Gasteiger charge is -2.12. The van der Waals surface area contributed by atoms with Gasteiger partial charge in [0.2, 0.25) is 0 Å². The number of rotatable bonds is 7. The summed E-state index contributed by atoms with van der Waals surface area (Å²) in [7, 11) is 0. The fourth-order valence-electron chi connectivity index (χ4n) is 1.91. The average Bonchev–Trinajstić information content (AvgIpc) is 2.28. The van der Waals surface area contributed by atoms with Gasteiger partial charge < -0.3 is 5.73 Å². The van der Waals surface area contributed by atoms with Crippen molar-refractivity contribution in [2.24, 2.45) is 5.73 Å². The third-order valence-corrected chi connectivity index (χ3v) is 3.42. The summed E-state index contributed by atoms with van der Waals surface area (Å²) < 4.78 is 14.3. The van der Waals surface area contributed by atoms with Gasteiger partial charge in [0.1, 0.15) is 5.82 Å². The molecule has 1 unspecified atom stereocenters. The van der Waals surface area contributed by atoms with E-state index < -0.39 is 0 Å². The Balaban J connectivity index is 2.37. The van der Waals surface area contributed by atoms with Gasteiger partial charge in [-0.2, -0.15) is 0 Å². The Labute approximate surface area is 112 Å². The molecule has 1 nitrogen and oxygen atoms in total. The van der Waals surface area contributed by atoms with Gasteiger partial charge in [0.05, 0.1) is 0 Å². The molecule has 1 aromatic carbocycles. The van der Waals surface area contributed by atoms with Crippen LogP contribution in [0.4, 0.5) is 4.39 Å². The summed E-state index contributed by atoms with van der Waals surface area (Å²) in [5.41, 5.74) is 6.74. The first-order chi connectivity index (χ1) is 8.13. The van der Waals surface area contributed by atoms with E-state index in [4.69, 9.17) is 5.73 Å². The Morgan fingerprint density at radius 1 is 1.29 bits per heavy atom. The predicted molar refractivity (Wildman–Crippen MR) is 74.5 cm³/mol. The molecule has 0 aliphatic heterocycles. The van der Waals surface area contributed by atoms with Gasteiger partial charge in [-0.1, -0.05) is 54.6 Å². The lowest BCUT2D eigenvalue weighted by molar-refractivity contribution is 0.530. The largest absolute Gasteiger partial charge is 0.327 e. The molecule has 0 aromatic heterocycles. The summed E-state index contributed by atoms with van der Waals surface area (Å²) in [4.78, 5) is 0. The van der Waals surface area contributed by atoms with Gasteiger partial charge >= 0.3 is 0 Å². The fourth-order valence-corrected chi connectivity index (χ4v) is 2.24. The molecule has 3 heteroatoms. The first-order valence-corrected chi connectivity index (χ1v) is 7.12. The summed E-state index contributed by atoms with van der Waals surface area (Å²) in [5.74, 6) is -0.164. The lowest BCUT2D eigenvalue weighted by Crippen LogP contribution is -2.23. The van der Waals surface area contributed by atoms with Crippen LogP contribution in [-0.4, -0.2) is 6.04 Å². The first kappa shape index (κ1) is 14.7. The number of hydrogen-bond donors (Lipinski definition) is 1. The van der Waals surface area contributed by atoms with Crippen LogP contribution in [0.1, 0.15) is 44.6 Å². The normalized spacial score (nSPS) is 12.7. The van der Waals surface area contributed by atoms with Crippen molar-refractivity contribution in [3.8, 4) is 0 Å². The topological polar surface area (TPSA) is 26.0 Å². The molecule has 1 rings (SSSR count). The van der Waals surface area contributed by atoms with Gasteiger partial charge in [-0.15, -0.1) is 0 Å². The highest BCUT2D eigenvalue weighted by Crippen LogP contribution is 2.17. The number of unbranched alkanes of at least 4 members (excludes halogenated alkanes) is 3. The third-order valence-electron chi connectivity index (χ3n) is 2.93. The monoisotopic (exact) mass is 301 g/mol. The van der Waals surface area contributed by atoms with E-state index in [1.54, 1.807) is 0 Å². The van der Waals surface area contributed by atoms with Gasteiger partial charge in [0.15, 0.2) is 0 Å². The number of nitrogens with two attached hydrogens (primary N) is 1. The van der Waals surface area contributed by atoms with E-state index in [1.165, 1.54) is 25.3 Å². The van der Waals surface area contributed by atoms with Gasteiger partial charge in [0.25, 0.3) is 0 Å². The van der Waals surface area contributed by atoms with E-state index >= 15 is 0 Å². The maximum Gasteiger partial charge on any atom is 0.127 e. The van der Waals surface area contributed by atoms with Crippen LogP contribution < -0.4 is 5.73 Å². The maximum absolute atomic E-state index is 13.6. The van der Waals surface area contributed by atoms with Crippen LogP contribution in [0.3, 0.4) is 0 Å². The Morgan fingerprint density at radius 3 is 2.71 bits per heavy atom. The van der Waals surface area contributed by atoms with E-state index in [-0.39, 0.29) is 11.9 Å². The Kier molecular flexibility index (Phi) is 6.75. The minimum Gasteiger partial charge on any atom is -0.327 e. The van der Waals surface area contributed by atoms with Crippen molar-refractivity contribution in [2.45, 2.75) is 51.5 Å². The molecule has 2 N–H and O–H groups in total. The highest BCUT2D eigenvalue weighted by Gasteiger charge is 2.08. The zero-order valence-electron chi connectivity index (χ0n) is 10.4. The molecule has 0 aliphatic carbocycles. The minimum atomic E-state index is -0.164. The smallest absolute Gasteiger partial charge is 0.127 e. The van der Waals surface area contributed by atoms with Crippen molar-refractivity contribution in [3.63, 3.8) is 0 Å². The van der Waals surface area contributed by atoms with Crippen LogP contribution in [-0.2, 0) is 6.42 Å². The third kappa shape index (κ3) is 5.64. The van der Waals surface area contributed by atoms with E-state index in [9.17, 15) is 4.39 Å². The molecule has 0 amide bonds. The van der Waals surface area contributed by atoms with Crippen LogP contribution in [0.2, 0.25) is 0 Å². The van der Waals surface area contributed by atoms with Crippen LogP contribution >= 0.6 is 15.9 Å². The number of halogens is 2. The van der Waals surface area contributed by atoms with Gasteiger partial charge in [-0.3, -0.25) is 0 Å². The van der Waals surface area contributed by atoms with Gasteiger partial charge in [-0.25, -0.2) is 4.39 Å². The second-order valence-electron chi connectivity index (χ2n) is 4.55. The Morgan fingerprint density at radius 2 is 2.06 bits per heavy atom. The van der Waals surface area contributed by atoms with Gasteiger partial charge in [0, 0.05) is 10.5 Å². The molecule has 1 atom stereocenters. The molecule has 0 fully saturated rings. The molecular formula is C14H21BrFN. The fraction of sp³-hybridized carbons (Fsp3) is 0.571. The second kappa shape index (κ2) is 7.83. The van der Waals surface area contributed by atoms with Crippen LogP contribution in [0, 0.1) is 5.82 Å². The molecule has 0 spiro atoms. The maximum atomic E-state index is 13.6. The molecule has 0 saturated heterocycles. The minimum absolute atomic E-state index is 0.0718. The Bertz CT molecular complexity index is 341. The van der Waals surface area contributed by atoms with Crippen LogP contribution in [0.25, 0.3) is 0 Å². The van der Waals surface area contributed by atoms with E-state index in [0.29, 0.717) is 6.42 Å². The Hall–Kier alpha value is -0.410. The molecule has 96 valence electrons. The highest BCUT2D eigenvalue weighted by atomic mass is 79.9. The summed E-state index contributed by atoms with van der Waals surface area (Å²) >= 11 is 3.25. The number of benzene rings is 1. The summed E-state index contributed by atoms with van der Waals surface area (Å²) in [5, 5.41) is 0.